The fourth-order valence-electron chi connectivity index (χ4n) is 3.36. The molecule has 1 aliphatic heterocycles. The number of ether oxygens (including phenoxy) is 1. The van der Waals surface area contributed by atoms with E-state index >= 15 is 0 Å². The van der Waals surface area contributed by atoms with E-state index in [2.05, 4.69) is 15.6 Å². The number of aromatic nitrogens is 1. The van der Waals surface area contributed by atoms with Gasteiger partial charge in [-0.15, -0.1) is 0 Å². The summed E-state index contributed by atoms with van der Waals surface area (Å²) < 4.78 is 5.21. The highest BCUT2D eigenvalue weighted by atomic mass is 32.2. The molecule has 1 aromatic heterocycles. The molecule has 2 heterocycles. The number of imide groups is 1. The zero-order valence-electron chi connectivity index (χ0n) is 16.4. The van der Waals surface area contributed by atoms with Gasteiger partial charge in [0.15, 0.2) is 0 Å². The average molecular weight is 423 g/mol. The lowest BCUT2D eigenvalue weighted by molar-refractivity contribution is -0.118. The van der Waals surface area contributed by atoms with Crippen LogP contribution in [-0.4, -0.2) is 40.9 Å². The number of thioether (sulfide) groups is 1. The number of methoxy groups -OCH3 is 1. The molecule has 0 spiro atoms. The topological polar surface area (TPSA) is 100 Å². The predicted molar refractivity (Wildman–Crippen MR) is 116 cm³/mol. The molecule has 3 N–H and O–H groups in total. The van der Waals surface area contributed by atoms with Crippen molar-refractivity contribution >= 4 is 39.7 Å². The van der Waals surface area contributed by atoms with Gasteiger partial charge in [-0.1, -0.05) is 36.0 Å². The van der Waals surface area contributed by atoms with Crippen molar-refractivity contribution in [3.63, 3.8) is 0 Å². The van der Waals surface area contributed by atoms with Crippen LogP contribution in [0.2, 0.25) is 0 Å². The summed E-state index contributed by atoms with van der Waals surface area (Å²) in [4.78, 5) is 38.5. The van der Waals surface area contributed by atoms with Crippen LogP contribution in [0.25, 0.3) is 10.9 Å². The van der Waals surface area contributed by atoms with Crippen LogP contribution >= 0.6 is 11.8 Å². The first-order valence-electron chi connectivity index (χ1n) is 9.56. The van der Waals surface area contributed by atoms with Crippen molar-refractivity contribution in [3.05, 3.63) is 65.4 Å². The molecule has 154 valence electrons. The summed E-state index contributed by atoms with van der Waals surface area (Å²) in [5.74, 6) is 0.360. The maximum atomic E-state index is 12.4. The first-order chi connectivity index (χ1) is 14.5. The molecular weight excluding hydrogens is 402 g/mol. The Bertz CT molecular complexity index is 1110. The van der Waals surface area contributed by atoms with E-state index in [0.717, 1.165) is 39.5 Å². The molecule has 7 nitrogen and oxygen atoms in total. The Labute approximate surface area is 177 Å². The normalized spacial score (nSPS) is 16.0. The fraction of sp³-hybridized carbons (Fsp3) is 0.227. The number of H-pyrrole nitrogens is 1. The van der Waals surface area contributed by atoms with Crippen molar-refractivity contribution < 1.29 is 19.1 Å². The molecule has 8 heteroatoms. The van der Waals surface area contributed by atoms with Crippen molar-refractivity contribution in [2.24, 2.45) is 0 Å². The minimum atomic E-state index is -0.362. The van der Waals surface area contributed by atoms with Gasteiger partial charge in [-0.25, -0.2) is 0 Å². The summed E-state index contributed by atoms with van der Waals surface area (Å²) >= 11 is 1.03. The summed E-state index contributed by atoms with van der Waals surface area (Å²) in [5.41, 5.74) is 3.47. The van der Waals surface area contributed by atoms with Crippen LogP contribution in [0.1, 0.15) is 21.6 Å². The molecule has 0 saturated carbocycles. The molecule has 1 unspecified atom stereocenters. The van der Waals surface area contributed by atoms with Gasteiger partial charge in [-0.2, -0.15) is 0 Å². The Kier molecular flexibility index (Phi) is 5.76. The second-order valence-electron chi connectivity index (χ2n) is 7.05. The van der Waals surface area contributed by atoms with Gasteiger partial charge in [-0.3, -0.25) is 19.7 Å². The third-order valence-electron chi connectivity index (χ3n) is 4.98. The van der Waals surface area contributed by atoms with E-state index < -0.39 is 0 Å². The van der Waals surface area contributed by atoms with Crippen molar-refractivity contribution in [1.29, 1.82) is 0 Å². The van der Waals surface area contributed by atoms with Gasteiger partial charge >= 0.3 is 0 Å². The van der Waals surface area contributed by atoms with Gasteiger partial charge in [0.2, 0.25) is 5.91 Å². The van der Waals surface area contributed by atoms with Gasteiger partial charge in [0.25, 0.3) is 11.1 Å². The Morgan fingerprint density at radius 1 is 1.10 bits per heavy atom. The van der Waals surface area contributed by atoms with Crippen LogP contribution in [-0.2, 0) is 17.6 Å². The highest BCUT2D eigenvalue weighted by Crippen LogP contribution is 2.23. The van der Waals surface area contributed by atoms with Gasteiger partial charge in [0.1, 0.15) is 11.4 Å². The zero-order valence-corrected chi connectivity index (χ0v) is 17.2. The number of hydrogen-bond donors (Lipinski definition) is 3. The SMILES string of the molecule is COc1ccc2[nH]c(C(=O)NCCc3ccc(CC4SC(=O)NC4=O)cc3)cc2c1. The monoisotopic (exact) mass is 423 g/mol. The summed E-state index contributed by atoms with van der Waals surface area (Å²) in [7, 11) is 1.61. The van der Waals surface area contributed by atoms with E-state index in [4.69, 9.17) is 4.74 Å². The molecular formula is C22H21N3O4S. The molecule has 0 aliphatic carbocycles. The number of rotatable bonds is 7. The Balaban J connectivity index is 1.29. The average Bonchev–Trinajstić information content (AvgIpc) is 3.31. The minimum absolute atomic E-state index is 0.157. The second-order valence-corrected chi connectivity index (χ2v) is 8.22. The van der Waals surface area contributed by atoms with E-state index in [9.17, 15) is 14.4 Å². The highest BCUT2D eigenvalue weighted by Gasteiger charge is 2.31. The number of aromatic amines is 1. The number of fused-ring (bicyclic) bond motifs is 1. The van der Waals surface area contributed by atoms with Crippen LogP contribution < -0.4 is 15.4 Å². The van der Waals surface area contributed by atoms with E-state index in [1.54, 1.807) is 7.11 Å². The number of carbonyl (C=O) groups is 3. The molecule has 30 heavy (non-hydrogen) atoms. The lowest BCUT2D eigenvalue weighted by atomic mass is 10.1. The van der Waals surface area contributed by atoms with Crippen LogP contribution in [0.15, 0.2) is 48.5 Å². The van der Waals surface area contributed by atoms with Crippen LogP contribution in [0.4, 0.5) is 4.79 Å². The molecule has 3 aromatic rings. The zero-order chi connectivity index (χ0) is 21.1. The van der Waals surface area contributed by atoms with Gasteiger partial charge in [0, 0.05) is 17.4 Å². The summed E-state index contributed by atoms with van der Waals surface area (Å²) in [5, 5.41) is 5.50. The van der Waals surface area contributed by atoms with Gasteiger partial charge < -0.3 is 15.0 Å². The smallest absolute Gasteiger partial charge is 0.286 e. The Morgan fingerprint density at radius 2 is 1.87 bits per heavy atom. The number of carbonyl (C=O) groups excluding carboxylic acids is 3. The predicted octanol–water partition coefficient (Wildman–Crippen LogP) is 3.04. The van der Waals surface area contributed by atoms with Crippen LogP contribution in [0.3, 0.4) is 0 Å². The van der Waals surface area contributed by atoms with E-state index in [-0.39, 0.29) is 22.3 Å². The third kappa shape index (κ3) is 4.49. The summed E-state index contributed by atoms with van der Waals surface area (Å²) in [6.07, 6.45) is 1.21. The van der Waals surface area contributed by atoms with Crippen LogP contribution in [0, 0.1) is 0 Å². The Hall–Kier alpha value is -3.26. The Morgan fingerprint density at radius 3 is 2.57 bits per heavy atom. The molecule has 1 saturated heterocycles. The molecule has 4 rings (SSSR count). The number of hydrogen-bond acceptors (Lipinski definition) is 5. The largest absolute Gasteiger partial charge is 0.497 e. The van der Waals surface area contributed by atoms with Crippen molar-refractivity contribution in [3.8, 4) is 5.75 Å². The van der Waals surface area contributed by atoms with Crippen molar-refractivity contribution in [2.75, 3.05) is 13.7 Å². The lowest BCUT2D eigenvalue weighted by Crippen LogP contribution is -2.26. The van der Waals surface area contributed by atoms with Gasteiger partial charge in [0.05, 0.1) is 12.4 Å². The molecule has 0 bridgehead atoms. The van der Waals surface area contributed by atoms with Gasteiger partial charge in [-0.05, 0) is 48.2 Å². The standard InChI is InChI=1S/C22H21N3O4S/c1-29-16-6-7-17-15(11-16)12-18(24-17)20(26)23-9-8-13-2-4-14(5-3-13)10-19-21(27)25-22(28)30-19/h2-7,11-12,19,24H,8-10H2,1H3,(H,23,26)(H,25,27,28). The second kappa shape index (κ2) is 8.62. The molecule has 1 fully saturated rings. The van der Waals surface area contributed by atoms with E-state index in [1.807, 2.05) is 48.5 Å². The first-order valence-corrected chi connectivity index (χ1v) is 10.4. The molecule has 1 atom stereocenters. The van der Waals surface area contributed by atoms with Crippen LogP contribution in [0.5, 0.6) is 5.75 Å². The molecule has 1 aliphatic rings. The maximum absolute atomic E-state index is 12.4. The lowest BCUT2D eigenvalue weighted by Gasteiger charge is -2.07. The quantitative estimate of drug-likeness (QED) is 0.542. The minimum Gasteiger partial charge on any atom is -0.497 e. The van der Waals surface area contributed by atoms with Crippen molar-refractivity contribution in [2.45, 2.75) is 18.1 Å². The summed E-state index contributed by atoms with van der Waals surface area (Å²) in [6, 6.07) is 15.3. The first kappa shape index (κ1) is 20.0. The third-order valence-corrected chi connectivity index (χ3v) is 5.96. The number of nitrogens with one attached hydrogen (secondary N) is 3. The van der Waals surface area contributed by atoms with Crippen molar-refractivity contribution in [1.82, 2.24) is 15.6 Å². The highest BCUT2D eigenvalue weighted by molar-refractivity contribution is 8.15. The summed E-state index contributed by atoms with van der Waals surface area (Å²) in [6.45, 7) is 0.506. The van der Waals surface area contributed by atoms with E-state index in [1.165, 1.54) is 0 Å². The number of benzene rings is 2. The number of amides is 3. The van der Waals surface area contributed by atoms with E-state index in [0.29, 0.717) is 25.1 Å². The molecule has 2 aromatic carbocycles. The fourth-order valence-corrected chi connectivity index (χ4v) is 4.22. The molecule has 3 amide bonds. The maximum Gasteiger partial charge on any atom is 0.286 e. The molecule has 0 radical (unpaired) electrons.